The molecule has 0 unspecified atom stereocenters. The molecule has 244 valence electrons. The molecule has 0 N–H and O–H groups in total. The number of para-hydroxylation sites is 1. The Morgan fingerprint density at radius 3 is 2.04 bits per heavy atom. The van der Waals surface area contributed by atoms with Gasteiger partial charge in [-0.25, -0.2) is 4.98 Å². The summed E-state index contributed by atoms with van der Waals surface area (Å²) in [5.41, 5.74) is 13.6. The molecule has 4 aromatic heterocycles. The lowest BCUT2D eigenvalue weighted by molar-refractivity contribution is 0.666. The van der Waals surface area contributed by atoms with Crippen molar-refractivity contribution in [2.45, 2.75) is 19.3 Å². The van der Waals surface area contributed by atoms with Crippen LogP contribution in [0.4, 0.5) is 0 Å². The summed E-state index contributed by atoms with van der Waals surface area (Å²) in [7, 11) is 0. The van der Waals surface area contributed by atoms with E-state index in [1.165, 1.54) is 49.3 Å². The molecular weight excluding hydrogens is 633 g/mol. The van der Waals surface area contributed by atoms with Crippen molar-refractivity contribution in [3.63, 3.8) is 0 Å². The van der Waals surface area contributed by atoms with Gasteiger partial charge < -0.3 is 0 Å². The number of benzene rings is 6. The van der Waals surface area contributed by atoms with E-state index in [2.05, 4.69) is 169 Å². The second kappa shape index (κ2) is 10.7. The zero-order valence-corrected chi connectivity index (χ0v) is 28.8. The molecule has 11 rings (SSSR count). The zero-order chi connectivity index (χ0) is 34.6. The molecule has 0 radical (unpaired) electrons. The largest absolute Gasteiger partial charge is 0.293 e. The van der Waals surface area contributed by atoms with Gasteiger partial charge in [-0.2, -0.15) is 0 Å². The topological polar surface area (TPSA) is 43.6 Å². The number of fused-ring (bicyclic) bond motifs is 13. The van der Waals surface area contributed by atoms with E-state index in [1.807, 2.05) is 12.4 Å². The van der Waals surface area contributed by atoms with Crippen molar-refractivity contribution in [3.8, 4) is 39.2 Å². The Bertz CT molecular complexity index is 3080. The molecule has 52 heavy (non-hydrogen) atoms. The minimum atomic E-state index is -0.220. The fourth-order valence-corrected chi connectivity index (χ4v) is 9.07. The molecule has 10 aromatic rings. The summed E-state index contributed by atoms with van der Waals surface area (Å²) >= 11 is 0. The van der Waals surface area contributed by atoms with Crippen LogP contribution in [0.5, 0.6) is 0 Å². The molecule has 1 aliphatic carbocycles. The Hall–Kier alpha value is -6.65. The molecular formula is C48H32N4. The van der Waals surface area contributed by atoms with E-state index >= 15 is 0 Å². The molecule has 4 heterocycles. The molecule has 0 atom stereocenters. The third kappa shape index (κ3) is 3.89. The molecule has 0 amide bonds. The van der Waals surface area contributed by atoms with Gasteiger partial charge in [-0.1, -0.05) is 129 Å². The van der Waals surface area contributed by atoms with Gasteiger partial charge in [-0.15, -0.1) is 0 Å². The fourth-order valence-electron chi connectivity index (χ4n) is 9.07. The second-order valence-electron chi connectivity index (χ2n) is 14.4. The number of rotatable bonds is 3. The first-order valence-corrected chi connectivity index (χ1v) is 17.9. The monoisotopic (exact) mass is 664 g/mol. The van der Waals surface area contributed by atoms with E-state index in [0.29, 0.717) is 0 Å². The summed E-state index contributed by atoms with van der Waals surface area (Å²) in [5, 5.41) is 7.00. The third-order valence-corrected chi connectivity index (χ3v) is 11.3. The molecule has 4 nitrogen and oxygen atoms in total. The Balaban J connectivity index is 1.35. The molecule has 0 bridgehead atoms. The first-order chi connectivity index (χ1) is 25.6. The summed E-state index contributed by atoms with van der Waals surface area (Å²) in [4.78, 5) is 15.4. The highest BCUT2D eigenvalue weighted by Crippen LogP contribution is 2.56. The van der Waals surface area contributed by atoms with Crippen LogP contribution < -0.4 is 0 Å². The normalized spacial score (nSPS) is 13.3. The molecule has 6 aromatic carbocycles. The highest BCUT2D eigenvalue weighted by molar-refractivity contribution is 6.27. The standard InChI is InChI=1S/C48H32N4/c1-48(2)39-19-11-9-17-35(39)43-44(48)38-28-49-25-23-32(38)42-36-18-10-12-20-40(36)52(47(42)43)41-27-37(30-15-7-4-8-16-30)34-22-21-33-31(29-13-5-3-6-14-29)24-26-50-45(33)46(34)51-41/h3-28H,1-2H3. The van der Waals surface area contributed by atoms with Crippen LogP contribution in [0, 0.1) is 0 Å². The predicted molar refractivity (Wildman–Crippen MR) is 215 cm³/mol. The summed E-state index contributed by atoms with van der Waals surface area (Å²) in [6, 6.07) is 50.0. The number of nitrogens with zero attached hydrogens (tertiary/aromatic N) is 4. The van der Waals surface area contributed by atoms with Crippen molar-refractivity contribution in [1.82, 2.24) is 19.5 Å². The summed E-state index contributed by atoms with van der Waals surface area (Å²) in [5.74, 6) is 0.870. The van der Waals surface area contributed by atoms with Gasteiger partial charge in [-0.05, 0) is 68.6 Å². The molecule has 0 saturated carbocycles. The summed E-state index contributed by atoms with van der Waals surface area (Å²) < 4.78 is 2.42. The highest BCUT2D eigenvalue weighted by Gasteiger charge is 2.40. The Morgan fingerprint density at radius 1 is 0.538 bits per heavy atom. The Labute approximate surface area is 300 Å². The first-order valence-electron chi connectivity index (χ1n) is 17.9. The van der Waals surface area contributed by atoms with Crippen molar-refractivity contribution in [2.24, 2.45) is 0 Å². The van der Waals surface area contributed by atoms with E-state index < -0.39 is 0 Å². The van der Waals surface area contributed by atoms with Crippen LogP contribution in [0.1, 0.15) is 25.0 Å². The van der Waals surface area contributed by atoms with Gasteiger partial charge in [0, 0.05) is 56.5 Å². The number of aromatic nitrogens is 4. The van der Waals surface area contributed by atoms with E-state index in [9.17, 15) is 0 Å². The van der Waals surface area contributed by atoms with E-state index in [1.54, 1.807) is 0 Å². The third-order valence-electron chi connectivity index (χ3n) is 11.3. The molecule has 1 aliphatic rings. The molecule has 0 saturated heterocycles. The second-order valence-corrected chi connectivity index (χ2v) is 14.4. The van der Waals surface area contributed by atoms with Crippen LogP contribution in [-0.4, -0.2) is 19.5 Å². The van der Waals surface area contributed by atoms with E-state index in [0.717, 1.165) is 55.4 Å². The molecule has 0 spiro atoms. The summed E-state index contributed by atoms with van der Waals surface area (Å²) in [6.45, 7) is 4.71. The average molecular weight is 665 g/mol. The van der Waals surface area contributed by atoms with Crippen LogP contribution in [0.2, 0.25) is 0 Å². The zero-order valence-electron chi connectivity index (χ0n) is 28.8. The number of hydrogen-bond donors (Lipinski definition) is 0. The predicted octanol–water partition coefficient (Wildman–Crippen LogP) is 12.1. The van der Waals surface area contributed by atoms with Gasteiger partial charge in [0.25, 0.3) is 0 Å². The molecule has 4 heteroatoms. The minimum Gasteiger partial charge on any atom is -0.293 e. The maximum absolute atomic E-state index is 5.65. The lowest BCUT2D eigenvalue weighted by Gasteiger charge is -2.23. The van der Waals surface area contributed by atoms with Crippen molar-refractivity contribution in [3.05, 3.63) is 169 Å². The van der Waals surface area contributed by atoms with Gasteiger partial charge in [0.15, 0.2) is 0 Å². The van der Waals surface area contributed by atoms with Gasteiger partial charge in [0.2, 0.25) is 0 Å². The quantitative estimate of drug-likeness (QED) is 0.177. The average Bonchev–Trinajstić information content (AvgIpc) is 3.67. The number of hydrogen-bond acceptors (Lipinski definition) is 3. The van der Waals surface area contributed by atoms with Crippen LogP contribution in [0.25, 0.3) is 93.6 Å². The highest BCUT2D eigenvalue weighted by atomic mass is 15.1. The van der Waals surface area contributed by atoms with Gasteiger partial charge in [-0.3, -0.25) is 14.5 Å². The van der Waals surface area contributed by atoms with Gasteiger partial charge >= 0.3 is 0 Å². The van der Waals surface area contributed by atoms with E-state index in [4.69, 9.17) is 9.97 Å². The first kappa shape index (κ1) is 29.1. The lowest BCUT2D eigenvalue weighted by atomic mass is 9.80. The lowest BCUT2D eigenvalue weighted by Crippen LogP contribution is -2.15. The van der Waals surface area contributed by atoms with Crippen LogP contribution >= 0.6 is 0 Å². The van der Waals surface area contributed by atoms with Crippen molar-refractivity contribution >= 4 is 54.4 Å². The maximum atomic E-state index is 5.65. The Kier molecular flexibility index (Phi) is 5.98. The maximum Gasteiger partial charge on any atom is 0.139 e. The van der Waals surface area contributed by atoms with Crippen molar-refractivity contribution in [1.29, 1.82) is 0 Å². The van der Waals surface area contributed by atoms with Crippen LogP contribution in [0.15, 0.2) is 158 Å². The smallest absolute Gasteiger partial charge is 0.139 e. The van der Waals surface area contributed by atoms with Crippen LogP contribution in [-0.2, 0) is 5.41 Å². The van der Waals surface area contributed by atoms with Gasteiger partial charge in [0.05, 0.1) is 22.1 Å². The molecule has 0 fully saturated rings. The Morgan fingerprint density at radius 2 is 1.23 bits per heavy atom. The van der Waals surface area contributed by atoms with Crippen LogP contribution in [0.3, 0.4) is 0 Å². The van der Waals surface area contributed by atoms with E-state index in [-0.39, 0.29) is 5.41 Å². The van der Waals surface area contributed by atoms with Gasteiger partial charge in [0.1, 0.15) is 5.82 Å². The SMILES string of the molecule is CC1(C)c2ccccc2-c2c1c1cnccc1c1c3ccccc3n(-c3cc(-c4ccccc4)c4ccc5c(-c6ccccc6)ccnc5c4n3)c21. The fraction of sp³-hybridized carbons (Fsp3) is 0.0625. The molecule has 0 aliphatic heterocycles. The van der Waals surface area contributed by atoms with Crippen molar-refractivity contribution < 1.29 is 0 Å². The summed E-state index contributed by atoms with van der Waals surface area (Å²) in [6.07, 6.45) is 5.92. The van der Waals surface area contributed by atoms with Crippen molar-refractivity contribution in [2.75, 3.05) is 0 Å². The number of pyridine rings is 3. The minimum absolute atomic E-state index is 0.220.